The monoisotopic (exact) mass is 464 g/mol. The highest BCUT2D eigenvalue weighted by Crippen LogP contribution is 2.28. The predicted molar refractivity (Wildman–Crippen MR) is 132 cm³/mol. The second kappa shape index (κ2) is 11.3. The molecule has 6 nitrogen and oxygen atoms in total. The molecule has 2 N–H and O–H groups in total. The van der Waals surface area contributed by atoms with Crippen LogP contribution in [0.25, 0.3) is 6.08 Å². The first kappa shape index (κ1) is 24.1. The van der Waals surface area contributed by atoms with Crippen LogP contribution < -0.4 is 20.1 Å². The minimum absolute atomic E-state index is 0.171. The summed E-state index contributed by atoms with van der Waals surface area (Å²) in [6.07, 6.45) is 2.40. The van der Waals surface area contributed by atoms with Gasteiger partial charge in [-0.15, -0.1) is 11.3 Å². The minimum Gasteiger partial charge on any atom is -0.493 e. The van der Waals surface area contributed by atoms with Crippen LogP contribution >= 0.6 is 11.3 Å². The first-order chi connectivity index (χ1) is 16.0. The van der Waals surface area contributed by atoms with Gasteiger partial charge in [-0.05, 0) is 60.2 Å². The molecule has 2 aromatic carbocycles. The molecular formula is C26H28N2O4S. The standard InChI is InChI=1S/C26H28N2O4S/c1-5-21(20-11-7-6-9-17(20)2)27-26(30)22(16-19-10-8-14-33-19)28-25(29)18-12-13-23(31-3)24(15-18)32-4/h6-16,21H,5H2,1-4H3,(H,27,30)(H,28,29)/b22-16-/t21-/m1/s1. The smallest absolute Gasteiger partial charge is 0.268 e. The molecule has 1 atom stereocenters. The van der Waals surface area contributed by atoms with Gasteiger partial charge in [0.1, 0.15) is 5.70 Å². The van der Waals surface area contributed by atoms with E-state index in [1.807, 2.05) is 55.6 Å². The van der Waals surface area contributed by atoms with Crippen LogP contribution in [0.4, 0.5) is 0 Å². The fraction of sp³-hybridized carbons (Fsp3) is 0.231. The predicted octanol–water partition coefficient (Wildman–Crippen LogP) is 5.11. The van der Waals surface area contributed by atoms with Gasteiger partial charge in [-0.1, -0.05) is 37.3 Å². The lowest BCUT2D eigenvalue weighted by Crippen LogP contribution is -2.37. The molecule has 0 aliphatic carbocycles. The maximum atomic E-state index is 13.3. The van der Waals surface area contributed by atoms with Crippen molar-refractivity contribution in [1.29, 1.82) is 0 Å². The molecule has 0 radical (unpaired) electrons. The summed E-state index contributed by atoms with van der Waals surface area (Å²) in [7, 11) is 3.04. The van der Waals surface area contributed by atoms with Crippen molar-refractivity contribution in [3.8, 4) is 11.5 Å². The Balaban J connectivity index is 1.87. The van der Waals surface area contributed by atoms with Crippen molar-refractivity contribution in [2.75, 3.05) is 14.2 Å². The van der Waals surface area contributed by atoms with Crippen molar-refractivity contribution in [3.63, 3.8) is 0 Å². The van der Waals surface area contributed by atoms with Gasteiger partial charge in [-0.2, -0.15) is 0 Å². The maximum Gasteiger partial charge on any atom is 0.268 e. The quantitative estimate of drug-likeness (QED) is 0.432. The van der Waals surface area contributed by atoms with Crippen LogP contribution in [0.3, 0.4) is 0 Å². The number of hydrogen-bond acceptors (Lipinski definition) is 5. The number of ether oxygens (including phenoxy) is 2. The van der Waals surface area contributed by atoms with E-state index < -0.39 is 5.91 Å². The summed E-state index contributed by atoms with van der Waals surface area (Å²) in [5.41, 5.74) is 2.67. The summed E-state index contributed by atoms with van der Waals surface area (Å²) in [5, 5.41) is 7.76. The van der Waals surface area contributed by atoms with Crippen molar-refractivity contribution >= 4 is 29.2 Å². The van der Waals surface area contributed by atoms with Gasteiger partial charge in [0.2, 0.25) is 0 Å². The van der Waals surface area contributed by atoms with Crippen LogP contribution in [0.2, 0.25) is 0 Å². The Bertz CT molecular complexity index is 1140. The van der Waals surface area contributed by atoms with Gasteiger partial charge in [-0.25, -0.2) is 0 Å². The largest absolute Gasteiger partial charge is 0.493 e. The number of carbonyl (C=O) groups is 2. The molecule has 0 saturated carbocycles. The van der Waals surface area contributed by atoms with Gasteiger partial charge in [0.25, 0.3) is 11.8 Å². The van der Waals surface area contributed by atoms with E-state index in [0.29, 0.717) is 23.5 Å². The van der Waals surface area contributed by atoms with Gasteiger partial charge >= 0.3 is 0 Å². The Morgan fingerprint density at radius 1 is 1.03 bits per heavy atom. The second-order valence-electron chi connectivity index (χ2n) is 7.39. The average Bonchev–Trinajstić information content (AvgIpc) is 3.35. The summed E-state index contributed by atoms with van der Waals surface area (Å²) in [4.78, 5) is 27.1. The number of benzene rings is 2. The lowest BCUT2D eigenvalue weighted by Gasteiger charge is -2.21. The second-order valence-corrected chi connectivity index (χ2v) is 8.37. The third-order valence-corrected chi connectivity index (χ3v) is 6.07. The van der Waals surface area contributed by atoms with E-state index in [2.05, 4.69) is 10.6 Å². The molecule has 7 heteroatoms. The van der Waals surface area contributed by atoms with E-state index in [-0.39, 0.29) is 17.6 Å². The van der Waals surface area contributed by atoms with Crippen LogP contribution in [0.5, 0.6) is 11.5 Å². The molecule has 0 fully saturated rings. The van der Waals surface area contributed by atoms with Gasteiger partial charge in [0.05, 0.1) is 20.3 Å². The molecule has 0 unspecified atom stereocenters. The molecule has 0 aliphatic heterocycles. The molecule has 0 bridgehead atoms. The number of thiophene rings is 1. The molecule has 0 spiro atoms. The lowest BCUT2D eigenvalue weighted by molar-refractivity contribution is -0.118. The van der Waals surface area contributed by atoms with Crippen molar-refractivity contribution in [2.24, 2.45) is 0 Å². The van der Waals surface area contributed by atoms with Gasteiger partial charge in [0, 0.05) is 10.4 Å². The summed E-state index contributed by atoms with van der Waals surface area (Å²) in [6.45, 7) is 4.04. The number of aryl methyl sites for hydroxylation is 1. The van der Waals surface area contributed by atoms with Crippen LogP contribution in [0.1, 0.15) is 45.7 Å². The zero-order valence-electron chi connectivity index (χ0n) is 19.2. The zero-order valence-corrected chi connectivity index (χ0v) is 20.0. The summed E-state index contributed by atoms with van der Waals surface area (Å²) >= 11 is 1.48. The topological polar surface area (TPSA) is 76.7 Å². The Labute approximate surface area is 198 Å². The van der Waals surface area contributed by atoms with Crippen LogP contribution in [-0.2, 0) is 4.79 Å². The molecule has 3 aromatic rings. The van der Waals surface area contributed by atoms with Crippen LogP contribution in [0, 0.1) is 6.92 Å². The van der Waals surface area contributed by atoms with E-state index >= 15 is 0 Å². The highest BCUT2D eigenvalue weighted by atomic mass is 32.1. The van der Waals surface area contributed by atoms with E-state index in [4.69, 9.17) is 9.47 Å². The molecule has 0 saturated heterocycles. The molecule has 0 aliphatic rings. The first-order valence-electron chi connectivity index (χ1n) is 10.6. The van der Waals surface area contributed by atoms with E-state index in [9.17, 15) is 9.59 Å². The summed E-state index contributed by atoms with van der Waals surface area (Å²) in [5.74, 6) is 0.180. The van der Waals surface area contributed by atoms with Crippen molar-refractivity contribution < 1.29 is 19.1 Å². The van der Waals surface area contributed by atoms with Gasteiger partial charge in [0.15, 0.2) is 11.5 Å². The summed E-state index contributed by atoms with van der Waals surface area (Å²) < 4.78 is 10.5. The maximum absolute atomic E-state index is 13.3. The third-order valence-electron chi connectivity index (χ3n) is 5.25. The molecule has 33 heavy (non-hydrogen) atoms. The zero-order chi connectivity index (χ0) is 23.8. The number of amides is 2. The van der Waals surface area contributed by atoms with E-state index in [1.165, 1.54) is 25.6 Å². The molecule has 3 rings (SSSR count). The third kappa shape index (κ3) is 6.02. The highest BCUT2D eigenvalue weighted by Gasteiger charge is 2.20. The lowest BCUT2D eigenvalue weighted by atomic mass is 9.99. The molecule has 1 aromatic heterocycles. The van der Waals surface area contributed by atoms with E-state index in [0.717, 1.165) is 16.0 Å². The number of methoxy groups -OCH3 is 2. The highest BCUT2D eigenvalue weighted by molar-refractivity contribution is 7.10. The summed E-state index contributed by atoms with van der Waals surface area (Å²) in [6, 6.07) is 16.4. The normalized spacial score (nSPS) is 12.1. The Morgan fingerprint density at radius 3 is 2.42 bits per heavy atom. The van der Waals surface area contributed by atoms with Crippen LogP contribution in [0.15, 0.2) is 65.7 Å². The molecule has 172 valence electrons. The molecule has 1 heterocycles. The van der Waals surface area contributed by atoms with Gasteiger partial charge < -0.3 is 20.1 Å². The van der Waals surface area contributed by atoms with Crippen molar-refractivity contribution in [3.05, 3.63) is 87.2 Å². The fourth-order valence-electron chi connectivity index (χ4n) is 3.46. The number of rotatable bonds is 9. The van der Waals surface area contributed by atoms with Crippen molar-refractivity contribution in [2.45, 2.75) is 26.3 Å². The molecule has 2 amide bonds. The van der Waals surface area contributed by atoms with Gasteiger partial charge in [-0.3, -0.25) is 9.59 Å². The average molecular weight is 465 g/mol. The molecular weight excluding hydrogens is 436 g/mol. The first-order valence-corrected chi connectivity index (χ1v) is 11.5. The number of carbonyl (C=O) groups excluding carboxylic acids is 2. The Kier molecular flexibility index (Phi) is 8.27. The minimum atomic E-state index is -0.419. The Hall–Kier alpha value is -3.58. The van der Waals surface area contributed by atoms with E-state index in [1.54, 1.807) is 24.3 Å². The number of nitrogens with one attached hydrogen (secondary N) is 2. The van der Waals surface area contributed by atoms with Crippen molar-refractivity contribution in [1.82, 2.24) is 10.6 Å². The van der Waals surface area contributed by atoms with Crippen LogP contribution in [-0.4, -0.2) is 26.0 Å². The fourth-order valence-corrected chi connectivity index (χ4v) is 4.12. The Morgan fingerprint density at radius 2 is 1.79 bits per heavy atom. The number of hydrogen-bond donors (Lipinski definition) is 2. The SMILES string of the molecule is CC[C@@H](NC(=O)/C(=C/c1cccs1)NC(=O)c1ccc(OC)c(OC)c1)c1ccccc1C.